The molecule has 2 aliphatic rings. The molecule has 2 unspecified atom stereocenters. The summed E-state index contributed by atoms with van der Waals surface area (Å²) in [5, 5.41) is 3.79. The number of H-pyrrole nitrogens is 1. The maximum absolute atomic E-state index is 11.5. The fourth-order valence-corrected chi connectivity index (χ4v) is 2.95. The number of halogens is 1. The molecule has 1 aromatic rings. The van der Waals surface area contributed by atoms with Gasteiger partial charge in [0.2, 0.25) is 0 Å². The number of hydrogen-bond donors (Lipinski definition) is 2. The number of aromatic nitrogens is 2. The average Bonchev–Trinajstić information content (AvgIpc) is 2.63. The molecule has 5 nitrogen and oxygen atoms in total. The number of rotatable bonds is 1. The monoisotopic (exact) mass is 254 g/mol. The van der Waals surface area contributed by atoms with E-state index in [1.54, 1.807) is 0 Å². The molecule has 17 heavy (non-hydrogen) atoms. The molecule has 6 heteroatoms. The van der Waals surface area contributed by atoms with E-state index in [2.05, 4.69) is 20.2 Å². The van der Waals surface area contributed by atoms with Gasteiger partial charge in [-0.15, -0.1) is 0 Å². The van der Waals surface area contributed by atoms with Crippen LogP contribution in [0.15, 0.2) is 11.1 Å². The van der Waals surface area contributed by atoms with Crippen LogP contribution in [0, 0.1) is 0 Å². The van der Waals surface area contributed by atoms with Crippen LogP contribution < -0.4 is 15.8 Å². The highest BCUT2D eigenvalue weighted by atomic mass is 35.5. The molecule has 2 N–H and O–H groups in total. The Labute approximate surface area is 104 Å². The van der Waals surface area contributed by atoms with E-state index in [-0.39, 0.29) is 10.6 Å². The van der Waals surface area contributed by atoms with Crippen LogP contribution in [0.4, 0.5) is 5.82 Å². The summed E-state index contributed by atoms with van der Waals surface area (Å²) < 4.78 is 0. The fourth-order valence-electron chi connectivity index (χ4n) is 2.73. The third-order valence-electron chi connectivity index (χ3n) is 3.60. The highest BCUT2D eigenvalue weighted by Crippen LogP contribution is 2.25. The van der Waals surface area contributed by atoms with Gasteiger partial charge >= 0.3 is 0 Å². The van der Waals surface area contributed by atoms with Crippen molar-refractivity contribution in [3.05, 3.63) is 21.7 Å². The summed E-state index contributed by atoms with van der Waals surface area (Å²) in [4.78, 5) is 20.3. The van der Waals surface area contributed by atoms with Gasteiger partial charge in [-0.1, -0.05) is 11.6 Å². The van der Waals surface area contributed by atoms with Crippen molar-refractivity contribution in [1.29, 1.82) is 0 Å². The van der Waals surface area contributed by atoms with Gasteiger partial charge in [0.05, 0.1) is 6.33 Å². The lowest BCUT2D eigenvalue weighted by Crippen LogP contribution is -2.36. The molecule has 2 bridgehead atoms. The number of nitrogens with one attached hydrogen (secondary N) is 2. The molecular formula is C11H15ClN4O. The van der Waals surface area contributed by atoms with E-state index in [1.807, 2.05) is 0 Å². The lowest BCUT2D eigenvalue weighted by molar-refractivity contribution is 0.563. The van der Waals surface area contributed by atoms with E-state index in [1.165, 1.54) is 19.2 Å². The molecule has 2 saturated heterocycles. The topological polar surface area (TPSA) is 61.0 Å². The summed E-state index contributed by atoms with van der Waals surface area (Å²) >= 11 is 6.01. The summed E-state index contributed by atoms with van der Waals surface area (Å²) in [5.41, 5.74) is -0.265. The molecule has 2 aliphatic heterocycles. The Morgan fingerprint density at radius 3 is 3.06 bits per heavy atom. The first-order valence-corrected chi connectivity index (χ1v) is 6.36. The SMILES string of the molecule is O=c1[nH]cnc(N2CCC3CCC(C2)N3)c1Cl. The zero-order chi connectivity index (χ0) is 11.8. The van der Waals surface area contributed by atoms with Gasteiger partial charge in [-0.2, -0.15) is 0 Å². The molecule has 1 aromatic heterocycles. The third kappa shape index (κ3) is 2.05. The number of anilines is 1. The van der Waals surface area contributed by atoms with Crippen LogP contribution in [0.5, 0.6) is 0 Å². The average molecular weight is 255 g/mol. The van der Waals surface area contributed by atoms with Gasteiger partial charge in [-0.05, 0) is 19.3 Å². The zero-order valence-corrected chi connectivity index (χ0v) is 10.2. The lowest BCUT2D eigenvalue weighted by Gasteiger charge is -2.25. The lowest BCUT2D eigenvalue weighted by atomic mass is 10.1. The highest BCUT2D eigenvalue weighted by molar-refractivity contribution is 6.32. The van der Waals surface area contributed by atoms with E-state index in [0.717, 1.165) is 19.5 Å². The summed E-state index contributed by atoms with van der Waals surface area (Å²) in [5.74, 6) is 0.616. The molecule has 2 atom stereocenters. The largest absolute Gasteiger partial charge is 0.354 e. The predicted molar refractivity (Wildman–Crippen MR) is 66.6 cm³/mol. The smallest absolute Gasteiger partial charge is 0.271 e. The summed E-state index contributed by atoms with van der Waals surface area (Å²) in [6.07, 6.45) is 4.96. The van der Waals surface area contributed by atoms with Gasteiger partial charge in [0.1, 0.15) is 5.02 Å². The Balaban J connectivity index is 1.88. The van der Waals surface area contributed by atoms with E-state index in [9.17, 15) is 4.79 Å². The summed E-state index contributed by atoms with van der Waals surface area (Å²) in [7, 11) is 0. The van der Waals surface area contributed by atoms with Gasteiger partial charge in [0.15, 0.2) is 5.82 Å². The first-order valence-electron chi connectivity index (χ1n) is 5.98. The van der Waals surface area contributed by atoms with Crippen molar-refractivity contribution in [2.75, 3.05) is 18.0 Å². The van der Waals surface area contributed by atoms with Crippen LogP contribution in [0.3, 0.4) is 0 Å². The standard InChI is InChI=1S/C11H15ClN4O/c12-9-10(13-6-14-11(9)17)16-4-3-7-1-2-8(5-16)15-7/h6-8,15H,1-5H2,(H,13,14,17). The molecule has 0 radical (unpaired) electrons. The minimum absolute atomic E-state index is 0.199. The molecular weight excluding hydrogens is 240 g/mol. The fraction of sp³-hybridized carbons (Fsp3) is 0.636. The molecule has 0 amide bonds. The Kier molecular flexibility index (Phi) is 2.80. The molecule has 0 spiro atoms. The van der Waals surface area contributed by atoms with Crippen LogP contribution >= 0.6 is 11.6 Å². The first kappa shape index (κ1) is 11.0. The maximum atomic E-state index is 11.5. The second kappa shape index (κ2) is 4.31. The summed E-state index contributed by atoms with van der Waals surface area (Å²) in [6, 6.07) is 1.12. The second-order valence-corrected chi connectivity index (χ2v) is 5.12. The van der Waals surface area contributed by atoms with Crippen LogP contribution in [0.1, 0.15) is 19.3 Å². The van der Waals surface area contributed by atoms with Gasteiger partial charge in [0, 0.05) is 25.2 Å². The van der Waals surface area contributed by atoms with Crippen LogP contribution in [-0.4, -0.2) is 35.1 Å². The van der Waals surface area contributed by atoms with Crippen molar-refractivity contribution in [1.82, 2.24) is 15.3 Å². The molecule has 0 saturated carbocycles. The normalized spacial score (nSPS) is 28.2. The van der Waals surface area contributed by atoms with E-state index in [4.69, 9.17) is 11.6 Å². The number of aromatic amines is 1. The van der Waals surface area contributed by atoms with E-state index < -0.39 is 0 Å². The van der Waals surface area contributed by atoms with Crippen molar-refractivity contribution in [3.8, 4) is 0 Å². The quantitative estimate of drug-likeness (QED) is 0.777. The maximum Gasteiger partial charge on any atom is 0.271 e. The van der Waals surface area contributed by atoms with Gasteiger partial charge in [-0.25, -0.2) is 4.98 Å². The van der Waals surface area contributed by atoms with Crippen LogP contribution in [0.2, 0.25) is 5.02 Å². The van der Waals surface area contributed by atoms with E-state index >= 15 is 0 Å². The highest BCUT2D eigenvalue weighted by Gasteiger charge is 2.30. The molecule has 3 heterocycles. The van der Waals surface area contributed by atoms with Crippen molar-refractivity contribution < 1.29 is 0 Å². The van der Waals surface area contributed by atoms with E-state index in [0.29, 0.717) is 17.9 Å². The van der Waals surface area contributed by atoms with Gasteiger partial charge in [-0.3, -0.25) is 4.79 Å². The number of hydrogen-bond acceptors (Lipinski definition) is 4. The minimum atomic E-state index is -0.265. The Hall–Kier alpha value is -1.07. The van der Waals surface area contributed by atoms with Crippen LogP contribution in [0.25, 0.3) is 0 Å². The van der Waals surface area contributed by atoms with Gasteiger partial charge in [0.25, 0.3) is 5.56 Å². The Bertz CT molecular complexity index is 475. The summed E-state index contributed by atoms with van der Waals surface area (Å²) in [6.45, 7) is 1.79. The minimum Gasteiger partial charge on any atom is -0.354 e. The van der Waals surface area contributed by atoms with Crippen LogP contribution in [-0.2, 0) is 0 Å². The van der Waals surface area contributed by atoms with Crippen molar-refractivity contribution in [2.45, 2.75) is 31.3 Å². The third-order valence-corrected chi connectivity index (χ3v) is 3.94. The number of nitrogens with zero attached hydrogens (tertiary/aromatic N) is 2. The molecule has 0 aromatic carbocycles. The first-order chi connectivity index (χ1) is 8.24. The van der Waals surface area contributed by atoms with Gasteiger partial charge < -0.3 is 15.2 Å². The van der Waals surface area contributed by atoms with Crippen molar-refractivity contribution >= 4 is 17.4 Å². The number of fused-ring (bicyclic) bond motifs is 2. The molecule has 0 aliphatic carbocycles. The van der Waals surface area contributed by atoms with Crippen molar-refractivity contribution in [3.63, 3.8) is 0 Å². The molecule has 92 valence electrons. The van der Waals surface area contributed by atoms with Crippen molar-refractivity contribution in [2.24, 2.45) is 0 Å². The Morgan fingerprint density at radius 1 is 1.35 bits per heavy atom. The second-order valence-electron chi connectivity index (χ2n) is 4.74. The zero-order valence-electron chi connectivity index (χ0n) is 9.45. The molecule has 2 fully saturated rings. The Morgan fingerprint density at radius 2 is 2.18 bits per heavy atom. The predicted octanol–water partition coefficient (Wildman–Crippen LogP) is 0.754. The molecule has 3 rings (SSSR count).